The molecule has 0 aliphatic heterocycles. The summed E-state index contributed by atoms with van der Waals surface area (Å²) in [4.78, 5) is 27.3. The first kappa shape index (κ1) is 17.4. The Bertz CT molecular complexity index is 951. The van der Waals surface area contributed by atoms with E-state index in [1.165, 1.54) is 11.6 Å². The van der Waals surface area contributed by atoms with Crippen molar-refractivity contribution in [3.63, 3.8) is 0 Å². The number of aromatic amines is 1. The summed E-state index contributed by atoms with van der Waals surface area (Å²) in [6.45, 7) is 1.98. The van der Waals surface area contributed by atoms with Gasteiger partial charge in [-0.25, -0.2) is 0 Å². The van der Waals surface area contributed by atoms with Gasteiger partial charge in [0.15, 0.2) is 0 Å². The van der Waals surface area contributed by atoms with E-state index in [2.05, 4.69) is 38.4 Å². The molecule has 128 valence electrons. The number of rotatable bonds is 5. The maximum atomic E-state index is 12.7. The zero-order valence-corrected chi connectivity index (χ0v) is 15.5. The monoisotopic (exact) mass is 398 g/mol. The first-order valence-corrected chi connectivity index (χ1v) is 8.99. The lowest BCUT2D eigenvalue weighted by Gasteiger charge is -2.15. The summed E-state index contributed by atoms with van der Waals surface area (Å²) in [6.07, 6.45) is 1.73. The van der Waals surface area contributed by atoms with Gasteiger partial charge in [0.05, 0.1) is 5.56 Å². The summed E-state index contributed by atoms with van der Waals surface area (Å²) in [5, 5.41) is 3.72. The van der Waals surface area contributed by atoms with Crippen LogP contribution in [0.2, 0.25) is 0 Å². The largest absolute Gasteiger partial charge is 0.350 e. The number of benzene rings is 2. The number of carbonyl (C=O) groups is 1. The second kappa shape index (κ2) is 7.66. The van der Waals surface area contributed by atoms with Crippen LogP contribution in [0.1, 0.15) is 29.3 Å². The van der Waals surface area contributed by atoms with Gasteiger partial charge >= 0.3 is 0 Å². The number of carbonyl (C=O) groups excluding carboxylic acids is 1. The van der Waals surface area contributed by atoms with E-state index in [0.29, 0.717) is 11.1 Å². The van der Waals surface area contributed by atoms with Crippen molar-refractivity contribution in [2.75, 3.05) is 0 Å². The number of nitrogens with one attached hydrogen (secondary N) is 2. The van der Waals surface area contributed by atoms with Gasteiger partial charge < -0.3 is 10.3 Å². The van der Waals surface area contributed by atoms with E-state index >= 15 is 0 Å². The van der Waals surface area contributed by atoms with E-state index in [1.54, 1.807) is 6.07 Å². The molecule has 1 aromatic heterocycles. The molecule has 0 saturated heterocycles. The highest BCUT2D eigenvalue weighted by Gasteiger charge is 2.14. The van der Waals surface area contributed by atoms with E-state index in [-0.39, 0.29) is 17.5 Å². The molecule has 25 heavy (non-hydrogen) atoms. The lowest BCUT2D eigenvalue weighted by molar-refractivity contribution is 0.0940. The third kappa shape index (κ3) is 4.37. The van der Waals surface area contributed by atoms with Crippen molar-refractivity contribution < 1.29 is 4.79 Å². The van der Waals surface area contributed by atoms with E-state index in [0.717, 1.165) is 22.7 Å². The van der Waals surface area contributed by atoms with Crippen molar-refractivity contribution in [2.24, 2.45) is 0 Å². The van der Waals surface area contributed by atoms with E-state index in [1.807, 2.05) is 37.3 Å². The van der Waals surface area contributed by atoms with Gasteiger partial charge in [-0.1, -0.05) is 46.3 Å². The summed E-state index contributed by atoms with van der Waals surface area (Å²) in [7, 11) is 0. The predicted octanol–water partition coefficient (Wildman–Crippen LogP) is 4.04. The van der Waals surface area contributed by atoms with Crippen molar-refractivity contribution in [2.45, 2.75) is 25.8 Å². The Morgan fingerprint density at radius 3 is 2.68 bits per heavy atom. The van der Waals surface area contributed by atoms with Gasteiger partial charge in [-0.15, -0.1) is 0 Å². The predicted molar refractivity (Wildman–Crippen MR) is 104 cm³/mol. The molecule has 0 spiro atoms. The molecule has 4 nitrogen and oxygen atoms in total. The maximum Gasteiger partial charge on any atom is 0.252 e. The summed E-state index contributed by atoms with van der Waals surface area (Å²) in [6, 6.07) is 17.0. The molecule has 0 fully saturated rings. The molecule has 1 atom stereocenters. The van der Waals surface area contributed by atoms with E-state index in [4.69, 9.17) is 0 Å². The van der Waals surface area contributed by atoms with Crippen LogP contribution >= 0.6 is 15.9 Å². The first-order chi connectivity index (χ1) is 12.0. The molecular weight excluding hydrogens is 380 g/mol. The molecule has 2 aromatic carbocycles. The lowest BCUT2D eigenvalue weighted by atomic mass is 10.0. The number of aryl methyl sites for hydroxylation is 1. The highest BCUT2D eigenvalue weighted by atomic mass is 79.9. The van der Waals surface area contributed by atoms with Gasteiger partial charge in [0.25, 0.3) is 5.91 Å². The van der Waals surface area contributed by atoms with Crippen LogP contribution in [0, 0.1) is 0 Å². The van der Waals surface area contributed by atoms with Gasteiger partial charge in [-0.3, -0.25) is 9.59 Å². The second-order valence-electron chi connectivity index (χ2n) is 6.14. The Kier molecular flexibility index (Phi) is 5.34. The molecule has 0 unspecified atom stereocenters. The zero-order valence-electron chi connectivity index (χ0n) is 13.9. The van der Waals surface area contributed by atoms with Gasteiger partial charge in [-0.05, 0) is 43.5 Å². The van der Waals surface area contributed by atoms with Gasteiger partial charge in [-0.2, -0.15) is 0 Å². The Balaban J connectivity index is 1.75. The van der Waals surface area contributed by atoms with Crippen molar-refractivity contribution >= 4 is 32.7 Å². The summed E-state index contributed by atoms with van der Waals surface area (Å²) < 4.78 is 0.859. The maximum absolute atomic E-state index is 12.7. The molecule has 2 N–H and O–H groups in total. The molecule has 3 rings (SSSR count). The highest BCUT2D eigenvalue weighted by Crippen LogP contribution is 2.20. The quantitative estimate of drug-likeness (QED) is 0.680. The molecule has 0 aliphatic carbocycles. The molecule has 0 saturated carbocycles. The standard InChI is InChI=1S/C20H19BrN2O2/c1-13(7-8-14-5-3-2-4-6-14)22-20(25)17-12-19(24)23-18-10-9-15(21)11-16(17)18/h2-6,9-13H,7-8H2,1H3,(H,22,25)(H,23,24)/t13-/m1/s1. The molecule has 1 heterocycles. The fraction of sp³-hybridized carbons (Fsp3) is 0.200. The number of H-pyrrole nitrogens is 1. The normalized spacial score (nSPS) is 12.1. The molecule has 0 aliphatic rings. The van der Waals surface area contributed by atoms with Crippen LogP contribution in [0.25, 0.3) is 10.9 Å². The first-order valence-electron chi connectivity index (χ1n) is 8.20. The summed E-state index contributed by atoms with van der Waals surface area (Å²) >= 11 is 3.41. The van der Waals surface area contributed by atoms with Gasteiger partial charge in [0, 0.05) is 27.5 Å². The number of pyridine rings is 1. The van der Waals surface area contributed by atoms with Crippen LogP contribution in [0.4, 0.5) is 0 Å². The van der Waals surface area contributed by atoms with Crippen LogP contribution in [0.5, 0.6) is 0 Å². The van der Waals surface area contributed by atoms with Crippen LogP contribution in [-0.4, -0.2) is 16.9 Å². The number of hydrogen-bond acceptors (Lipinski definition) is 2. The molecule has 0 bridgehead atoms. The van der Waals surface area contributed by atoms with Crippen LogP contribution < -0.4 is 10.9 Å². The topological polar surface area (TPSA) is 62.0 Å². The molecular formula is C20H19BrN2O2. The molecule has 5 heteroatoms. The molecule has 1 amide bonds. The Morgan fingerprint density at radius 2 is 1.92 bits per heavy atom. The number of amides is 1. The van der Waals surface area contributed by atoms with Crippen molar-refractivity contribution in [1.29, 1.82) is 0 Å². The van der Waals surface area contributed by atoms with Gasteiger partial charge in [0.1, 0.15) is 0 Å². The minimum Gasteiger partial charge on any atom is -0.350 e. The average Bonchev–Trinajstić information content (AvgIpc) is 2.60. The average molecular weight is 399 g/mol. The lowest BCUT2D eigenvalue weighted by Crippen LogP contribution is -2.33. The third-order valence-corrected chi connectivity index (χ3v) is 4.63. The van der Waals surface area contributed by atoms with Crippen LogP contribution in [0.15, 0.2) is 63.9 Å². The second-order valence-corrected chi connectivity index (χ2v) is 7.05. The van der Waals surface area contributed by atoms with E-state index < -0.39 is 0 Å². The summed E-state index contributed by atoms with van der Waals surface area (Å²) in [5.74, 6) is -0.227. The van der Waals surface area contributed by atoms with Crippen molar-refractivity contribution in [3.05, 3.63) is 80.6 Å². The van der Waals surface area contributed by atoms with Gasteiger partial charge in [0.2, 0.25) is 5.56 Å². The highest BCUT2D eigenvalue weighted by molar-refractivity contribution is 9.10. The minimum atomic E-state index is -0.281. The smallest absolute Gasteiger partial charge is 0.252 e. The summed E-state index contributed by atoms with van der Waals surface area (Å²) in [5.41, 5.74) is 2.01. The van der Waals surface area contributed by atoms with Crippen LogP contribution in [0.3, 0.4) is 0 Å². The van der Waals surface area contributed by atoms with Crippen molar-refractivity contribution in [1.82, 2.24) is 10.3 Å². The zero-order chi connectivity index (χ0) is 17.8. The number of halogens is 1. The number of fused-ring (bicyclic) bond motifs is 1. The molecule has 3 aromatic rings. The molecule has 0 radical (unpaired) electrons. The minimum absolute atomic E-state index is 0.00852. The fourth-order valence-electron chi connectivity index (χ4n) is 2.82. The Labute approximate surface area is 154 Å². The SMILES string of the molecule is C[C@H](CCc1ccccc1)NC(=O)c1cc(=O)[nH]c2ccc(Br)cc12. The number of aromatic nitrogens is 1. The Morgan fingerprint density at radius 1 is 1.16 bits per heavy atom. The number of hydrogen-bond donors (Lipinski definition) is 2. The third-order valence-electron chi connectivity index (χ3n) is 4.14. The fourth-order valence-corrected chi connectivity index (χ4v) is 3.18. The Hall–Kier alpha value is -2.40. The van der Waals surface area contributed by atoms with Crippen LogP contribution in [-0.2, 0) is 6.42 Å². The van der Waals surface area contributed by atoms with Crippen molar-refractivity contribution in [3.8, 4) is 0 Å². The van der Waals surface area contributed by atoms with E-state index in [9.17, 15) is 9.59 Å².